The van der Waals surface area contributed by atoms with E-state index < -0.39 is 0 Å². The van der Waals surface area contributed by atoms with Crippen LogP contribution in [-0.4, -0.2) is 33.6 Å². The molecule has 1 fully saturated rings. The maximum Gasteiger partial charge on any atom is 0.282 e. The molecule has 2 rings (SSSR count). The molecule has 3 nitrogen and oxygen atoms in total. The van der Waals surface area contributed by atoms with Crippen molar-refractivity contribution in [3.8, 4) is 0 Å². The Morgan fingerprint density at radius 3 is 2.80 bits per heavy atom. The van der Waals surface area contributed by atoms with Gasteiger partial charge in [0.25, 0.3) is 5.24 Å². The van der Waals surface area contributed by atoms with Crippen molar-refractivity contribution in [2.75, 3.05) is 12.4 Å². The van der Waals surface area contributed by atoms with Crippen LogP contribution in [0.3, 0.4) is 0 Å². The summed E-state index contributed by atoms with van der Waals surface area (Å²) in [6, 6.07) is 9.82. The van der Waals surface area contributed by atoms with Gasteiger partial charge in [-0.05, 0) is 5.56 Å². The Hall–Kier alpha value is -1.00. The molecule has 80 valence electrons. The van der Waals surface area contributed by atoms with Crippen molar-refractivity contribution < 1.29 is 9.90 Å². The number of amides is 1. The molecule has 1 aliphatic rings. The Balaban J connectivity index is 2.07. The topological polar surface area (TPSA) is 40.5 Å². The van der Waals surface area contributed by atoms with Crippen LogP contribution in [0.15, 0.2) is 30.3 Å². The molecule has 1 aromatic carbocycles. The average Bonchev–Trinajstić information content (AvgIpc) is 2.62. The summed E-state index contributed by atoms with van der Waals surface area (Å²) in [5.74, 6) is 0.697. The number of hydrogen-bond acceptors (Lipinski definition) is 3. The van der Waals surface area contributed by atoms with Gasteiger partial charge in [0.1, 0.15) is 0 Å². The van der Waals surface area contributed by atoms with Gasteiger partial charge in [0.15, 0.2) is 0 Å². The summed E-state index contributed by atoms with van der Waals surface area (Å²) >= 11 is 1.28. The lowest BCUT2D eigenvalue weighted by Gasteiger charge is -2.21. The summed E-state index contributed by atoms with van der Waals surface area (Å²) in [4.78, 5) is 13.3. The fourth-order valence-corrected chi connectivity index (χ4v) is 2.61. The van der Waals surface area contributed by atoms with Crippen molar-refractivity contribution in [3.63, 3.8) is 0 Å². The van der Waals surface area contributed by atoms with E-state index in [1.165, 1.54) is 11.8 Å². The van der Waals surface area contributed by atoms with Crippen LogP contribution in [0.4, 0.5) is 4.79 Å². The van der Waals surface area contributed by atoms with E-state index in [4.69, 9.17) is 5.11 Å². The average molecular weight is 223 g/mol. The molecule has 1 aromatic rings. The SMILES string of the molecule is O=C1SCC(CO)N1Cc1ccccc1. The number of carbonyl (C=O) groups is 1. The van der Waals surface area contributed by atoms with E-state index in [2.05, 4.69) is 0 Å². The van der Waals surface area contributed by atoms with E-state index in [1.807, 2.05) is 30.3 Å². The lowest BCUT2D eigenvalue weighted by atomic mass is 10.2. The molecule has 15 heavy (non-hydrogen) atoms. The molecule has 0 aliphatic carbocycles. The van der Waals surface area contributed by atoms with Crippen LogP contribution in [0.5, 0.6) is 0 Å². The largest absolute Gasteiger partial charge is 0.394 e. The zero-order valence-corrected chi connectivity index (χ0v) is 9.11. The van der Waals surface area contributed by atoms with Crippen molar-refractivity contribution in [2.24, 2.45) is 0 Å². The number of carbonyl (C=O) groups excluding carboxylic acids is 1. The first-order chi connectivity index (χ1) is 7.31. The normalized spacial score (nSPS) is 21.0. The fraction of sp³-hybridized carbons (Fsp3) is 0.364. The van der Waals surface area contributed by atoms with Crippen LogP contribution in [0.25, 0.3) is 0 Å². The number of aliphatic hydroxyl groups excluding tert-OH is 1. The van der Waals surface area contributed by atoms with Gasteiger partial charge in [-0.2, -0.15) is 0 Å². The van der Waals surface area contributed by atoms with Crippen molar-refractivity contribution in [1.29, 1.82) is 0 Å². The minimum absolute atomic E-state index is 0.0253. The Kier molecular flexibility index (Phi) is 3.28. The lowest BCUT2D eigenvalue weighted by molar-refractivity contribution is 0.162. The smallest absolute Gasteiger partial charge is 0.282 e. The molecular formula is C11H13NO2S. The second kappa shape index (κ2) is 4.68. The number of hydrogen-bond donors (Lipinski definition) is 1. The predicted molar refractivity (Wildman–Crippen MR) is 60.7 cm³/mol. The molecule has 0 saturated carbocycles. The van der Waals surface area contributed by atoms with Crippen LogP contribution in [0, 0.1) is 0 Å². The molecule has 1 N–H and O–H groups in total. The summed E-state index contributed by atoms with van der Waals surface area (Å²) in [5, 5.41) is 9.19. The summed E-state index contributed by atoms with van der Waals surface area (Å²) < 4.78 is 0. The molecule has 0 aromatic heterocycles. The second-order valence-corrected chi connectivity index (χ2v) is 4.50. The zero-order valence-electron chi connectivity index (χ0n) is 8.30. The highest BCUT2D eigenvalue weighted by Gasteiger charge is 2.30. The zero-order chi connectivity index (χ0) is 10.7. The van der Waals surface area contributed by atoms with Crippen molar-refractivity contribution in [2.45, 2.75) is 12.6 Å². The first kappa shape index (κ1) is 10.5. The van der Waals surface area contributed by atoms with E-state index in [1.54, 1.807) is 4.90 Å². The molecule has 1 saturated heterocycles. The van der Waals surface area contributed by atoms with Gasteiger partial charge in [0.2, 0.25) is 0 Å². The van der Waals surface area contributed by atoms with Crippen molar-refractivity contribution >= 4 is 17.0 Å². The number of benzene rings is 1. The van der Waals surface area contributed by atoms with Gasteiger partial charge in [-0.1, -0.05) is 42.1 Å². The standard InChI is InChI=1S/C11H13NO2S/c13-7-10-8-15-11(14)12(10)6-9-4-2-1-3-5-9/h1-5,10,13H,6-8H2. The van der Waals surface area contributed by atoms with E-state index in [0.29, 0.717) is 12.3 Å². The van der Waals surface area contributed by atoms with E-state index >= 15 is 0 Å². The maximum absolute atomic E-state index is 11.5. The van der Waals surface area contributed by atoms with E-state index in [9.17, 15) is 4.79 Å². The molecular weight excluding hydrogens is 210 g/mol. The Bertz CT molecular complexity index is 342. The number of thioether (sulfide) groups is 1. The molecule has 1 unspecified atom stereocenters. The van der Waals surface area contributed by atoms with E-state index in [-0.39, 0.29) is 17.9 Å². The third kappa shape index (κ3) is 2.33. The van der Waals surface area contributed by atoms with Gasteiger partial charge in [0, 0.05) is 12.3 Å². The second-order valence-electron chi connectivity index (χ2n) is 3.53. The monoisotopic (exact) mass is 223 g/mol. The highest BCUT2D eigenvalue weighted by atomic mass is 32.2. The molecule has 1 heterocycles. The Morgan fingerprint density at radius 1 is 1.40 bits per heavy atom. The molecule has 0 spiro atoms. The summed E-state index contributed by atoms with van der Waals surface area (Å²) in [7, 11) is 0. The van der Waals surface area contributed by atoms with Gasteiger partial charge in [-0.15, -0.1) is 0 Å². The van der Waals surface area contributed by atoms with Crippen molar-refractivity contribution in [1.82, 2.24) is 4.90 Å². The lowest BCUT2D eigenvalue weighted by Crippen LogP contribution is -2.35. The van der Waals surface area contributed by atoms with Crippen LogP contribution in [0.2, 0.25) is 0 Å². The predicted octanol–water partition coefficient (Wildman–Crippen LogP) is 1.72. The van der Waals surface area contributed by atoms with Gasteiger partial charge >= 0.3 is 0 Å². The minimum Gasteiger partial charge on any atom is -0.394 e. The number of aliphatic hydroxyl groups is 1. The van der Waals surface area contributed by atoms with Gasteiger partial charge < -0.3 is 10.0 Å². The van der Waals surface area contributed by atoms with Crippen LogP contribution in [-0.2, 0) is 6.54 Å². The number of nitrogens with zero attached hydrogens (tertiary/aromatic N) is 1. The Morgan fingerprint density at radius 2 is 2.13 bits per heavy atom. The van der Waals surface area contributed by atoms with Crippen LogP contribution < -0.4 is 0 Å². The third-order valence-corrected chi connectivity index (χ3v) is 3.51. The fourth-order valence-electron chi connectivity index (χ4n) is 1.61. The quantitative estimate of drug-likeness (QED) is 0.848. The molecule has 1 aliphatic heterocycles. The van der Waals surface area contributed by atoms with E-state index in [0.717, 1.165) is 5.56 Å². The highest BCUT2D eigenvalue weighted by molar-refractivity contribution is 8.13. The summed E-state index contributed by atoms with van der Waals surface area (Å²) in [5.41, 5.74) is 1.10. The van der Waals surface area contributed by atoms with Gasteiger partial charge in [0.05, 0.1) is 12.6 Å². The van der Waals surface area contributed by atoms with Crippen LogP contribution in [0.1, 0.15) is 5.56 Å². The third-order valence-electron chi connectivity index (χ3n) is 2.48. The van der Waals surface area contributed by atoms with Gasteiger partial charge in [-0.3, -0.25) is 4.79 Å². The number of rotatable bonds is 3. The molecule has 4 heteroatoms. The molecule has 1 atom stereocenters. The first-order valence-corrected chi connectivity index (χ1v) is 5.88. The van der Waals surface area contributed by atoms with Crippen LogP contribution >= 0.6 is 11.8 Å². The minimum atomic E-state index is -0.0253. The van der Waals surface area contributed by atoms with Gasteiger partial charge in [-0.25, -0.2) is 0 Å². The summed E-state index contributed by atoms with van der Waals surface area (Å²) in [6.45, 7) is 0.642. The summed E-state index contributed by atoms with van der Waals surface area (Å²) in [6.07, 6.45) is 0. The van der Waals surface area contributed by atoms with Crippen molar-refractivity contribution in [3.05, 3.63) is 35.9 Å². The first-order valence-electron chi connectivity index (χ1n) is 4.89. The molecule has 1 amide bonds. The maximum atomic E-state index is 11.5. The molecule has 0 radical (unpaired) electrons. The Labute approximate surface area is 93.1 Å². The molecule has 0 bridgehead atoms. The highest BCUT2D eigenvalue weighted by Crippen LogP contribution is 2.25.